The second-order valence-electron chi connectivity index (χ2n) is 5.99. The first-order valence-corrected chi connectivity index (χ1v) is 9.47. The Balaban J connectivity index is 0.00000392. The Bertz CT molecular complexity index is 735. The van der Waals surface area contributed by atoms with Crippen LogP contribution >= 0.6 is 35.3 Å². The number of aliphatic hydroxyl groups is 1. The number of aromatic nitrogens is 2. The SMILES string of the molecule is CCNC(=NCCC(O)(c1nccn1C)C(F)(F)F)NCCc1cccs1.I. The minimum Gasteiger partial charge on any atom is -0.374 e. The van der Waals surface area contributed by atoms with Crippen molar-refractivity contribution in [2.75, 3.05) is 19.6 Å². The topological polar surface area (TPSA) is 74.5 Å². The molecule has 0 amide bonds. The number of guanidine groups is 1. The van der Waals surface area contributed by atoms with Crippen molar-refractivity contribution in [3.05, 3.63) is 40.6 Å². The van der Waals surface area contributed by atoms with Crippen molar-refractivity contribution >= 4 is 41.3 Å². The zero-order chi connectivity index (χ0) is 19.9. The molecule has 0 fully saturated rings. The normalized spacial score (nSPS) is 14.3. The number of alkyl halides is 3. The lowest BCUT2D eigenvalue weighted by Crippen LogP contribution is -2.45. The monoisotopic (exact) mass is 531 g/mol. The molecule has 0 aliphatic heterocycles. The summed E-state index contributed by atoms with van der Waals surface area (Å²) in [6.07, 6.45) is -2.09. The number of imidazole rings is 1. The van der Waals surface area contributed by atoms with Crippen LogP contribution in [0.25, 0.3) is 0 Å². The molecule has 2 aromatic rings. The molecule has 0 aliphatic carbocycles. The molecule has 6 nitrogen and oxygen atoms in total. The van der Waals surface area contributed by atoms with Crippen LogP contribution in [0.4, 0.5) is 13.2 Å². The summed E-state index contributed by atoms with van der Waals surface area (Å²) in [5, 5.41) is 18.4. The van der Waals surface area contributed by atoms with Gasteiger partial charge in [0.25, 0.3) is 0 Å². The van der Waals surface area contributed by atoms with Gasteiger partial charge in [-0.1, -0.05) is 6.07 Å². The third kappa shape index (κ3) is 6.34. The zero-order valence-corrected chi connectivity index (χ0v) is 18.8. The molecule has 28 heavy (non-hydrogen) atoms. The van der Waals surface area contributed by atoms with Crippen LogP contribution in [0.5, 0.6) is 0 Å². The maximum Gasteiger partial charge on any atom is 0.424 e. The largest absolute Gasteiger partial charge is 0.424 e. The average Bonchev–Trinajstić information content (AvgIpc) is 3.25. The summed E-state index contributed by atoms with van der Waals surface area (Å²) in [7, 11) is 1.42. The first kappa shape index (κ1) is 24.7. The Morgan fingerprint density at radius 1 is 1.36 bits per heavy atom. The summed E-state index contributed by atoms with van der Waals surface area (Å²) < 4.78 is 41.7. The Morgan fingerprint density at radius 2 is 2.11 bits per heavy atom. The maximum absolute atomic E-state index is 13.5. The molecule has 158 valence electrons. The van der Waals surface area contributed by atoms with Gasteiger partial charge in [-0.3, -0.25) is 4.99 Å². The van der Waals surface area contributed by atoms with E-state index < -0.39 is 24.0 Å². The number of hydrogen-bond acceptors (Lipinski definition) is 4. The van der Waals surface area contributed by atoms with E-state index >= 15 is 0 Å². The van der Waals surface area contributed by atoms with Crippen molar-refractivity contribution in [1.29, 1.82) is 0 Å². The van der Waals surface area contributed by atoms with Crippen molar-refractivity contribution in [2.45, 2.75) is 31.5 Å². The predicted octanol–water partition coefficient (Wildman–Crippen LogP) is 3.04. The molecule has 2 aromatic heterocycles. The zero-order valence-electron chi connectivity index (χ0n) is 15.7. The number of hydrogen-bond donors (Lipinski definition) is 3. The van der Waals surface area contributed by atoms with Gasteiger partial charge in [0.1, 0.15) is 5.82 Å². The van der Waals surface area contributed by atoms with Crippen molar-refractivity contribution in [3.8, 4) is 0 Å². The fraction of sp³-hybridized carbons (Fsp3) is 0.529. The number of nitrogens with zero attached hydrogens (tertiary/aromatic N) is 3. The van der Waals surface area contributed by atoms with Crippen molar-refractivity contribution in [3.63, 3.8) is 0 Å². The third-order valence-corrected chi connectivity index (χ3v) is 4.93. The van der Waals surface area contributed by atoms with Crippen LogP contribution in [-0.4, -0.2) is 46.4 Å². The Morgan fingerprint density at radius 3 is 2.64 bits per heavy atom. The first-order valence-electron chi connectivity index (χ1n) is 8.59. The molecule has 2 rings (SSSR count). The summed E-state index contributed by atoms with van der Waals surface area (Å²) in [5.41, 5.74) is -3.05. The number of halogens is 4. The van der Waals surface area contributed by atoms with Gasteiger partial charge >= 0.3 is 6.18 Å². The highest BCUT2D eigenvalue weighted by Gasteiger charge is 2.57. The molecule has 2 heterocycles. The minimum atomic E-state index is -4.85. The lowest BCUT2D eigenvalue weighted by Gasteiger charge is -2.29. The molecular formula is C17H25F3IN5OS. The smallest absolute Gasteiger partial charge is 0.374 e. The van der Waals surface area contributed by atoms with Crippen molar-refractivity contribution in [1.82, 2.24) is 20.2 Å². The number of nitrogens with one attached hydrogen (secondary N) is 2. The molecular weight excluding hydrogens is 506 g/mol. The second-order valence-corrected chi connectivity index (χ2v) is 7.02. The Labute approximate surface area is 183 Å². The maximum atomic E-state index is 13.5. The van der Waals surface area contributed by atoms with Gasteiger partial charge in [0.15, 0.2) is 5.96 Å². The quantitative estimate of drug-likeness (QED) is 0.278. The predicted molar refractivity (Wildman–Crippen MR) is 115 cm³/mol. The number of rotatable bonds is 8. The summed E-state index contributed by atoms with van der Waals surface area (Å²) in [4.78, 5) is 9.06. The van der Waals surface area contributed by atoms with E-state index in [1.54, 1.807) is 11.3 Å². The molecule has 0 spiro atoms. The Hall–Kier alpha value is -1.34. The van der Waals surface area contributed by atoms with E-state index in [1.807, 2.05) is 24.4 Å². The average molecular weight is 531 g/mol. The number of thiophene rings is 1. The molecule has 0 aromatic carbocycles. The molecule has 0 aliphatic rings. The van der Waals surface area contributed by atoms with Crippen LogP contribution in [0.2, 0.25) is 0 Å². The molecule has 0 saturated carbocycles. The molecule has 0 saturated heterocycles. The van der Waals surface area contributed by atoms with E-state index in [0.29, 0.717) is 19.0 Å². The second kappa shape index (κ2) is 11.0. The highest BCUT2D eigenvalue weighted by atomic mass is 127. The van der Waals surface area contributed by atoms with Crippen LogP contribution in [0.3, 0.4) is 0 Å². The van der Waals surface area contributed by atoms with Gasteiger partial charge in [-0.15, -0.1) is 35.3 Å². The molecule has 0 radical (unpaired) electrons. The van der Waals surface area contributed by atoms with E-state index in [1.165, 1.54) is 28.9 Å². The summed E-state index contributed by atoms with van der Waals surface area (Å²) >= 11 is 1.64. The third-order valence-electron chi connectivity index (χ3n) is 3.99. The lowest BCUT2D eigenvalue weighted by atomic mass is 9.98. The van der Waals surface area contributed by atoms with Gasteiger partial charge in [0, 0.05) is 50.4 Å². The van der Waals surface area contributed by atoms with E-state index in [9.17, 15) is 18.3 Å². The Kier molecular flexibility index (Phi) is 9.70. The van der Waals surface area contributed by atoms with Gasteiger partial charge in [0.2, 0.25) is 5.60 Å². The molecule has 0 bridgehead atoms. The fourth-order valence-corrected chi connectivity index (χ4v) is 3.28. The molecule has 1 unspecified atom stereocenters. The number of aliphatic imine (C=N–C) groups is 1. The van der Waals surface area contributed by atoms with Crippen LogP contribution in [0, 0.1) is 0 Å². The van der Waals surface area contributed by atoms with Crippen LogP contribution in [-0.2, 0) is 19.1 Å². The van der Waals surface area contributed by atoms with Crippen molar-refractivity contribution < 1.29 is 18.3 Å². The van der Waals surface area contributed by atoms with E-state index in [-0.39, 0.29) is 30.5 Å². The van der Waals surface area contributed by atoms with E-state index in [2.05, 4.69) is 20.6 Å². The summed E-state index contributed by atoms with van der Waals surface area (Å²) in [6.45, 7) is 2.84. The van der Waals surface area contributed by atoms with Gasteiger partial charge in [-0.05, 0) is 24.8 Å². The highest BCUT2D eigenvalue weighted by molar-refractivity contribution is 14.0. The van der Waals surface area contributed by atoms with Crippen LogP contribution < -0.4 is 10.6 Å². The van der Waals surface area contributed by atoms with Crippen LogP contribution in [0.15, 0.2) is 34.9 Å². The minimum absolute atomic E-state index is 0. The summed E-state index contributed by atoms with van der Waals surface area (Å²) in [6, 6.07) is 3.99. The van der Waals surface area contributed by atoms with E-state index in [4.69, 9.17) is 0 Å². The number of aryl methyl sites for hydroxylation is 1. The van der Waals surface area contributed by atoms with Crippen LogP contribution in [0.1, 0.15) is 24.0 Å². The molecule has 11 heteroatoms. The summed E-state index contributed by atoms with van der Waals surface area (Å²) in [5.74, 6) is -0.0284. The standard InChI is InChI=1S/C17H24F3N5OS.HI/c1-3-21-15(23-8-6-13-5-4-12-27-13)24-9-7-16(26,17(18,19)20)14-22-10-11-25(14)2;/h4-5,10-12,26H,3,6-9H2,1-2H3,(H2,21,23,24);1H. The first-order chi connectivity index (χ1) is 12.8. The molecule has 3 N–H and O–H groups in total. The van der Waals surface area contributed by atoms with Gasteiger partial charge < -0.3 is 20.3 Å². The van der Waals surface area contributed by atoms with Gasteiger partial charge in [0.05, 0.1) is 0 Å². The lowest BCUT2D eigenvalue weighted by molar-refractivity contribution is -0.272. The highest BCUT2D eigenvalue weighted by Crippen LogP contribution is 2.40. The van der Waals surface area contributed by atoms with Crippen molar-refractivity contribution in [2.24, 2.45) is 12.0 Å². The fourth-order valence-electron chi connectivity index (χ4n) is 2.57. The van der Waals surface area contributed by atoms with Gasteiger partial charge in [-0.25, -0.2) is 4.98 Å². The van der Waals surface area contributed by atoms with Gasteiger partial charge in [-0.2, -0.15) is 13.2 Å². The molecule has 1 atom stereocenters. The van der Waals surface area contributed by atoms with E-state index in [0.717, 1.165) is 6.42 Å².